The summed E-state index contributed by atoms with van der Waals surface area (Å²) < 4.78 is 7.08. The number of nitrogens with zero attached hydrogens (tertiary/aromatic N) is 2. The van der Waals surface area contributed by atoms with Crippen LogP contribution >= 0.6 is 0 Å². The van der Waals surface area contributed by atoms with Crippen LogP contribution in [0.15, 0.2) is 18.2 Å². The average molecular weight is 483 g/mol. The molecule has 0 spiro atoms. The van der Waals surface area contributed by atoms with Crippen LogP contribution in [-0.4, -0.2) is 76.7 Å². The summed E-state index contributed by atoms with van der Waals surface area (Å²) in [4.78, 5) is 5.43. The smallest absolute Gasteiger partial charge is 0.207 e. The lowest BCUT2D eigenvalue weighted by Crippen LogP contribution is -2.78. The molecule has 0 N–H and O–H groups in total. The third kappa shape index (κ3) is 6.05. The van der Waals surface area contributed by atoms with Crippen molar-refractivity contribution < 1.29 is 4.43 Å². The highest BCUT2D eigenvalue weighted by Crippen LogP contribution is 2.45. The van der Waals surface area contributed by atoms with E-state index in [-0.39, 0.29) is 0 Å². The summed E-state index contributed by atoms with van der Waals surface area (Å²) in [6.07, 6.45) is 0. The fourth-order valence-corrected chi connectivity index (χ4v) is 55.3. The molecule has 30 heavy (non-hydrogen) atoms. The van der Waals surface area contributed by atoms with E-state index in [2.05, 4.69) is 122 Å². The quantitative estimate of drug-likeness (QED) is 0.429. The molecule has 0 radical (unpaired) electrons. The van der Waals surface area contributed by atoms with Gasteiger partial charge in [-0.15, -0.1) is 0 Å². The molecule has 0 saturated heterocycles. The Balaban J connectivity index is 4.18. The highest BCUT2D eigenvalue weighted by Gasteiger charge is 2.62. The first-order valence-electron chi connectivity index (χ1n) is 11.4. The van der Waals surface area contributed by atoms with Gasteiger partial charge in [-0.05, 0) is 49.3 Å². The Morgan fingerprint density at radius 1 is 0.733 bits per heavy atom. The second kappa shape index (κ2) is 9.85. The van der Waals surface area contributed by atoms with E-state index in [1.807, 2.05) is 0 Å². The summed E-state index contributed by atoms with van der Waals surface area (Å²) in [7, 11) is 3.94. The second-order valence-electron chi connectivity index (χ2n) is 12.8. The first-order valence-corrected chi connectivity index (χ1v) is 25.0. The standard InChI is InChI=1S/C23H50N2OSi4/c1-24(2)18-20-16-15-17-21(19-25(3)4)22(20)30(26-5,29(12,13)14)23(27(6,7)8)28(9,10)11/h15-17,23H,18-19H2,1-14H3. The zero-order valence-electron chi connectivity index (χ0n) is 22.5. The van der Waals surface area contributed by atoms with Crippen molar-refractivity contribution in [1.82, 2.24) is 9.80 Å². The summed E-state index contributed by atoms with van der Waals surface area (Å²) in [6, 6.07) is 7.06. The minimum atomic E-state index is -2.26. The van der Waals surface area contributed by atoms with Gasteiger partial charge in [0.2, 0.25) is 7.83 Å². The molecule has 0 fully saturated rings. The lowest BCUT2D eigenvalue weighted by Gasteiger charge is -2.56. The van der Waals surface area contributed by atoms with E-state index < -0.39 is 31.6 Å². The van der Waals surface area contributed by atoms with Crippen LogP contribution in [0.4, 0.5) is 0 Å². The normalized spacial score (nSPS) is 15.9. The van der Waals surface area contributed by atoms with Crippen LogP contribution < -0.4 is 5.19 Å². The van der Waals surface area contributed by atoms with Crippen LogP contribution in [0.5, 0.6) is 0 Å². The van der Waals surface area contributed by atoms with Crippen molar-refractivity contribution in [2.45, 2.75) is 76.8 Å². The molecule has 1 rings (SSSR count). The molecule has 0 aliphatic rings. The van der Waals surface area contributed by atoms with Gasteiger partial charge in [0.1, 0.15) is 0 Å². The lowest BCUT2D eigenvalue weighted by molar-refractivity contribution is 0.392. The summed E-state index contributed by atoms with van der Waals surface area (Å²) >= 11 is 0. The summed E-state index contributed by atoms with van der Waals surface area (Å²) in [6.45, 7) is 25.4. The zero-order chi connectivity index (χ0) is 23.7. The SMILES string of the molecule is CO[Si](c1c(CN(C)C)cccc1CN(C)C)(C([Si](C)(C)C)[Si](C)(C)C)[Si](C)(C)C. The molecule has 0 amide bonds. The van der Waals surface area contributed by atoms with Crippen LogP contribution in [0, 0.1) is 0 Å². The predicted molar refractivity (Wildman–Crippen MR) is 147 cm³/mol. The number of rotatable bonds is 10. The van der Waals surface area contributed by atoms with Crippen molar-refractivity contribution in [2.24, 2.45) is 0 Å². The monoisotopic (exact) mass is 482 g/mol. The topological polar surface area (TPSA) is 15.7 Å². The molecule has 0 heterocycles. The summed E-state index contributed by atoms with van der Waals surface area (Å²) in [5.41, 5.74) is 3.02. The van der Waals surface area contributed by atoms with Crippen LogP contribution in [0.2, 0.25) is 63.7 Å². The first kappa shape index (κ1) is 28.0. The molecule has 0 bridgehead atoms. The maximum atomic E-state index is 7.08. The Kier molecular flexibility index (Phi) is 9.19. The van der Waals surface area contributed by atoms with Crippen molar-refractivity contribution in [3.05, 3.63) is 29.3 Å². The van der Waals surface area contributed by atoms with Crippen LogP contribution in [0.25, 0.3) is 0 Å². The molecular formula is C23H50N2OSi4. The van der Waals surface area contributed by atoms with Gasteiger partial charge in [0.15, 0.2) is 0 Å². The molecule has 174 valence electrons. The molecule has 1 aromatic rings. The van der Waals surface area contributed by atoms with E-state index in [1.165, 1.54) is 11.1 Å². The van der Waals surface area contributed by atoms with Gasteiger partial charge in [0.05, 0.1) is 7.59 Å². The van der Waals surface area contributed by atoms with Crippen molar-refractivity contribution in [1.29, 1.82) is 0 Å². The number of hydrogen-bond acceptors (Lipinski definition) is 3. The van der Waals surface area contributed by atoms with E-state index in [0.717, 1.165) is 17.9 Å². The van der Waals surface area contributed by atoms with Gasteiger partial charge in [0.25, 0.3) is 0 Å². The van der Waals surface area contributed by atoms with Crippen molar-refractivity contribution in [2.75, 3.05) is 35.3 Å². The van der Waals surface area contributed by atoms with Gasteiger partial charge in [-0.2, -0.15) is 0 Å². The second-order valence-corrected chi connectivity index (χ2v) is 39.3. The van der Waals surface area contributed by atoms with Crippen LogP contribution in [-0.2, 0) is 17.5 Å². The fourth-order valence-electron chi connectivity index (χ4n) is 6.07. The van der Waals surface area contributed by atoms with Crippen molar-refractivity contribution in [3.8, 4) is 0 Å². The molecule has 1 atom stereocenters. The minimum Gasteiger partial charge on any atom is -0.418 e. The molecule has 7 heteroatoms. The molecule has 0 aliphatic heterocycles. The number of hydrogen-bond donors (Lipinski definition) is 0. The third-order valence-electron chi connectivity index (χ3n) is 6.16. The van der Waals surface area contributed by atoms with Gasteiger partial charge in [-0.1, -0.05) is 77.1 Å². The van der Waals surface area contributed by atoms with Gasteiger partial charge < -0.3 is 14.2 Å². The van der Waals surface area contributed by atoms with E-state index >= 15 is 0 Å². The molecule has 0 aliphatic carbocycles. The molecule has 1 aromatic carbocycles. The van der Waals surface area contributed by atoms with Crippen molar-refractivity contribution >= 4 is 36.8 Å². The predicted octanol–water partition coefficient (Wildman–Crippen LogP) is 5.15. The zero-order valence-corrected chi connectivity index (χ0v) is 26.5. The molecular weight excluding hydrogens is 433 g/mol. The van der Waals surface area contributed by atoms with Crippen molar-refractivity contribution in [3.63, 3.8) is 0 Å². The van der Waals surface area contributed by atoms with E-state index in [0.29, 0.717) is 0 Å². The maximum absolute atomic E-state index is 7.08. The maximum Gasteiger partial charge on any atom is 0.207 e. The summed E-state index contributed by atoms with van der Waals surface area (Å²) in [5, 5.41) is 1.66. The largest absolute Gasteiger partial charge is 0.418 e. The molecule has 0 aromatic heterocycles. The molecule has 3 nitrogen and oxygen atoms in total. The first-order chi connectivity index (χ1) is 13.4. The Bertz CT molecular complexity index is 660. The lowest BCUT2D eigenvalue weighted by atomic mass is 10.1. The van der Waals surface area contributed by atoms with Crippen LogP contribution in [0.3, 0.4) is 0 Å². The number of benzene rings is 1. The highest BCUT2D eigenvalue weighted by molar-refractivity contribution is 7.49. The van der Waals surface area contributed by atoms with E-state index in [4.69, 9.17) is 4.43 Å². The molecule has 0 saturated carbocycles. The Morgan fingerprint density at radius 2 is 1.10 bits per heavy atom. The third-order valence-corrected chi connectivity index (χ3v) is 38.2. The highest BCUT2D eigenvalue weighted by atomic mass is 29.3. The molecule has 1 unspecified atom stereocenters. The Labute approximate surface area is 192 Å². The van der Waals surface area contributed by atoms with Gasteiger partial charge in [-0.3, -0.25) is 0 Å². The van der Waals surface area contributed by atoms with E-state index in [9.17, 15) is 0 Å². The van der Waals surface area contributed by atoms with Gasteiger partial charge in [-0.25, -0.2) is 0 Å². The Morgan fingerprint density at radius 3 is 1.33 bits per heavy atom. The van der Waals surface area contributed by atoms with E-state index in [1.54, 1.807) is 5.19 Å². The Hall–Kier alpha value is -0.0325. The van der Waals surface area contributed by atoms with Gasteiger partial charge in [0, 0.05) is 36.3 Å². The van der Waals surface area contributed by atoms with Gasteiger partial charge >= 0.3 is 0 Å². The minimum absolute atomic E-state index is 0.776. The fraction of sp³-hybridized carbons (Fsp3) is 0.739. The van der Waals surface area contributed by atoms with Crippen LogP contribution in [0.1, 0.15) is 11.1 Å². The summed E-state index contributed by atoms with van der Waals surface area (Å²) in [5.74, 6) is 0. The average Bonchev–Trinajstić information content (AvgIpc) is 2.48.